The lowest BCUT2D eigenvalue weighted by Gasteiger charge is -2.07. The number of nitrogens with one attached hydrogen (secondary N) is 1. The molecular formula is C26H20FN3O. The summed E-state index contributed by atoms with van der Waals surface area (Å²) in [5, 5.41) is 13.2. The second-order valence-electron chi connectivity index (χ2n) is 7.23. The van der Waals surface area contributed by atoms with E-state index in [0.29, 0.717) is 13.1 Å². The molecule has 3 aromatic carbocycles. The molecule has 1 aromatic heterocycles. The van der Waals surface area contributed by atoms with Crippen LogP contribution < -0.4 is 5.32 Å². The zero-order valence-corrected chi connectivity index (χ0v) is 16.8. The third-order valence-electron chi connectivity index (χ3n) is 5.01. The molecule has 4 rings (SSSR count). The molecule has 1 amide bonds. The highest BCUT2D eigenvalue weighted by atomic mass is 19.1. The lowest BCUT2D eigenvalue weighted by molar-refractivity contribution is -0.117. The van der Waals surface area contributed by atoms with Gasteiger partial charge in [0.2, 0.25) is 0 Å². The minimum absolute atomic E-state index is 0.0504. The Kier molecular flexibility index (Phi) is 5.91. The van der Waals surface area contributed by atoms with Gasteiger partial charge in [0.05, 0.1) is 0 Å². The van der Waals surface area contributed by atoms with Crippen molar-refractivity contribution in [2.24, 2.45) is 0 Å². The predicted octanol–water partition coefficient (Wildman–Crippen LogP) is 5.05. The Labute approximate surface area is 179 Å². The van der Waals surface area contributed by atoms with Crippen LogP contribution in [-0.2, 0) is 17.9 Å². The van der Waals surface area contributed by atoms with E-state index in [1.54, 1.807) is 12.1 Å². The van der Waals surface area contributed by atoms with Crippen molar-refractivity contribution in [1.29, 1.82) is 5.26 Å². The number of hydrogen-bond acceptors (Lipinski definition) is 2. The second kappa shape index (κ2) is 9.10. The Morgan fingerprint density at radius 2 is 1.81 bits per heavy atom. The van der Waals surface area contributed by atoms with Crippen LogP contribution in [0.15, 0.2) is 90.6 Å². The normalized spacial score (nSPS) is 11.3. The Morgan fingerprint density at radius 1 is 1.00 bits per heavy atom. The Bertz CT molecular complexity index is 1300. The summed E-state index contributed by atoms with van der Waals surface area (Å²) in [4.78, 5) is 12.4. The van der Waals surface area contributed by atoms with Crippen LogP contribution in [-0.4, -0.2) is 10.5 Å². The molecule has 0 bridgehead atoms. The van der Waals surface area contributed by atoms with Crippen LogP contribution in [0.25, 0.3) is 17.0 Å². The molecule has 1 N–H and O–H groups in total. The van der Waals surface area contributed by atoms with Crippen molar-refractivity contribution in [3.63, 3.8) is 0 Å². The first-order valence-electron chi connectivity index (χ1n) is 9.89. The molecule has 31 heavy (non-hydrogen) atoms. The minimum Gasteiger partial charge on any atom is -0.347 e. The summed E-state index contributed by atoms with van der Waals surface area (Å²) >= 11 is 0. The summed E-state index contributed by atoms with van der Waals surface area (Å²) in [7, 11) is 0. The molecule has 4 nitrogen and oxygen atoms in total. The monoisotopic (exact) mass is 409 g/mol. The fourth-order valence-corrected chi connectivity index (χ4v) is 3.47. The highest BCUT2D eigenvalue weighted by Crippen LogP contribution is 2.21. The van der Waals surface area contributed by atoms with Crippen LogP contribution in [0.1, 0.15) is 16.7 Å². The number of carbonyl (C=O) groups excluding carboxylic acids is 1. The number of fused-ring (bicyclic) bond motifs is 1. The predicted molar refractivity (Wildman–Crippen MR) is 119 cm³/mol. The van der Waals surface area contributed by atoms with Gasteiger partial charge in [0.1, 0.15) is 17.5 Å². The lowest BCUT2D eigenvalue weighted by Crippen LogP contribution is -2.23. The molecule has 0 aliphatic rings. The molecule has 0 fully saturated rings. The average molecular weight is 409 g/mol. The van der Waals surface area contributed by atoms with Crippen LogP contribution in [0.2, 0.25) is 0 Å². The van der Waals surface area contributed by atoms with Crippen LogP contribution in [0.3, 0.4) is 0 Å². The highest BCUT2D eigenvalue weighted by Gasteiger charge is 2.10. The first-order chi connectivity index (χ1) is 15.1. The number of hydrogen-bond donors (Lipinski definition) is 1. The third kappa shape index (κ3) is 4.88. The number of amides is 1. The van der Waals surface area contributed by atoms with E-state index in [1.165, 1.54) is 12.1 Å². The Balaban J connectivity index is 1.51. The summed E-state index contributed by atoms with van der Waals surface area (Å²) in [5.41, 5.74) is 3.66. The van der Waals surface area contributed by atoms with Crippen molar-refractivity contribution >= 4 is 22.9 Å². The topological polar surface area (TPSA) is 57.8 Å². The van der Waals surface area contributed by atoms with Gasteiger partial charge in [0.15, 0.2) is 0 Å². The standard InChI is InChI=1S/C26H20FN3O/c27-24-8-4-7-21(15-24)18-30-12-11-22-13-20(9-10-25(22)30)14-23(16-28)26(31)29-17-19-5-2-1-3-6-19/h1-15H,17-18H2,(H,29,31)/b23-14+. The average Bonchev–Trinajstić information content (AvgIpc) is 3.18. The molecule has 0 saturated carbocycles. The largest absolute Gasteiger partial charge is 0.347 e. The van der Waals surface area contributed by atoms with E-state index in [4.69, 9.17) is 0 Å². The molecule has 5 heteroatoms. The summed E-state index contributed by atoms with van der Waals surface area (Å²) in [6, 6.07) is 25.8. The van der Waals surface area contributed by atoms with Gasteiger partial charge >= 0.3 is 0 Å². The van der Waals surface area contributed by atoms with Crippen molar-refractivity contribution in [1.82, 2.24) is 9.88 Å². The Morgan fingerprint density at radius 3 is 2.58 bits per heavy atom. The summed E-state index contributed by atoms with van der Waals surface area (Å²) < 4.78 is 15.5. The zero-order chi connectivity index (χ0) is 21.6. The number of carbonyl (C=O) groups is 1. The molecule has 4 aromatic rings. The van der Waals surface area contributed by atoms with Gasteiger partial charge < -0.3 is 9.88 Å². The van der Waals surface area contributed by atoms with Gasteiger partial charge in [-0.1, -0.05) is 48.5 Å². The molecule has 0 radical (unpaired) electrons. The van der Waals surface area contributed by atoms with Crippen molar-refractivity contribution < 1.29 is 9.18 Å². The van der Waals surface area contributed by atoms with Gasteiger partial charge in [-0.2, -0.15) is 5.26 Å². The summed E-state index contributed by atoms with van der Waals surface area (Å²) in [6.45, 7) is 0.919. The van der Waals surface area contributed by atoms with E-state index in [9.17, 15) is 14.4 Å². The first-order valence-corrected chi connectivity index (χ1v) is 9.89. The van der Waals surface area contributed by atoms with Gasteiger partial charge in [0.25, 0.3) is 5.91 Å². The molecule has 0 aliphatic heterocycles. The maximum Gasteiger partial charge on any atom is 0.262 e. The van der Waals surface area contributed by atoms with E-state index >= 15 is 0 Å². The second-order valence-corrected chi connectivity index (χ2v) is 7.23. The van der Waals surface area contributed by atoms with E-state index in [2.05, 4.69) is 5.32 Å². The molecule has 152 valence electrons. The van der Waals surface area contributed by atoms with E-state index in [1.807, 2.05) is 77.5 Å². The van der Waals surface area contributed by atoms with Gasteiger partial charge in [-0.15, -0.1) is 0 Å². The van der Waals surface area contributed by atoms with Crippen molar-refractivity contribution in [3.8, 4) is 6.07 Å². The van der Waals surface area contributed by atoms with E-state index < -0.39 is 5.91 Å². The molecule has 1 heterocycles. The van der Waals surface area contributed by atoms with Gasteiger partial charge in [-0.3, -0.25) is 4.79 Å². The molecule has 0 aliphatic carbocycles. The number of aromatic nitrogens is 1. The van der Waals surface area contributed by atoms with Crippen LogP contribution in [0, 0.1) is 17.1 Å². The lowest BCUT2D eigenvalue weighted by atomic mass is 10.1. The molecule has 0 saturated heterocycles. The number of nitrogens with zero attached hydrogens (tertiary/aromatic N) is 2. The third-order valence-corrected chi connectivity index (χ3v) is 5.01. The Hall–Kier alpha value is -4.17. The van der Waals surface area contributed by atoms with Gasteiger partial charge in [-0.25, -0.2) is 4.39 Å². The quantitative estimate of drug-likeness (QED) is 0.358. The van der Waals surface area contributed by atoms with Crippen molar-refractivity contribution in [2.75, 3.05) is 0 Å². The highest BCUT2D eigenvalue weighted by molar-refractivity contribution is 6.02. The van der Waals surface area contributed by atoms with Crippen LogP contribution >= 0.6 is 0 Å². The van der Waals surface area contributed by atoms with Gasteiger partial charge in [-0.05, 0) is 53.1 Å². The first kappa shape index (κ1) is 20.1. The molecule has 0 spiro atoms. The summed E-state index contributed by atoms with van der Waals surface area (Å²) in [6.07, 6.45) is 3.53. The fraction of sp³-hybridized carbons (Fsp3) is 0.0769. The number of halogens is 1. The minimum atomic E-state index is -0.407. The zero-order valence-electron chi connectivity index (χ0n) is 16.8. The number of nitriles is 1. The van der Waals surface area contributed by atoms with Crippen molar-refractivity contribution in [3.05, 3.63) is 113 Å². The maximum atomic E-state index is 13.5. The SMILES string of the molecule is N#C/C(=C\c1ccc2c(ccn2Cc2cccc(F)c2)c1)C(=O)NCc1ccccc1. The van der Waals surface area contributed by atoms with Crippen LogP contribution in [0.4, 0.5) is 4.39 Å². The number of rotatable bonds is 6. The van der Waals surface area contributed by atoms with Crippen molar-refractivity contribution in [2.45, 2.75) is 13.1 Å². The van der Waals surface area contributed by atoms with Gasteiger partial charge in [0, 0.05) is 30.2 Å². The number of benzene rings is 3. The van der Waals surface area contributed by atoms with E-state index in [-0.39, 0.29) is 11.4 Å². The molecule has 0 unspecified atom stereocenters. The fourth-order valence-electron chi connectivity index (χ4n) is 3.47. The maximum absolute atomic E-state index is 13.5. The molecule has 0 atom stereocenters. The smallest absolute Gasteiger partial charge is 0.262 e. The van der Waals surface area contributed by atoms with E-state index in [0.717, 1.165) is 27.6 Å². The molecular weight excluding hydrogens is 389 g/mol. The summed E-state index contributed by atoms with van der Waals surface area (Å²) in [5.74, 6) is -0.661. The van der Waals surface area contributed by atoms with Crippen LogP contribution in [0.5, 0.6) is 0 Å².